The van der Waals surface area contributed by atoms with E-state index in [1.54, 1.807) is 11.5 Å². The van der Waals surface area contributed by atoms with Crippen LogP contribution in [0.4, 0.5) is 0 Å². The summed E-state index contributed by atoms with van der Waals surface area (Å²) >= 11 is 1.69. The van der Waals surface area contributed by atoms with Crippen LogP contribution < -0.4 is 5.73 Å². The van der Waals surface area contributed by atoms with Gasteiger partial charge in [0, 0.05) is 4.88 Å². The molecule has 0 bridgehead atoms. The molecule has 3 heteroatoms. The summed E-state index contributed by atoms with van der Waals surface area (Å²) in [5, 5.41) is 0. The van der Waals surface area contributed by atoms with E-state index >= 15 is 0 Å². The number of aryl methyl sites for hydroxylation is 1. The molecule has 13 heavy (non-hydrogen) atoms. The Kier molecular flexibility index (Phi) is 2.65. The van der Waals surface area contributed by atoms with E-state index in [4.69, 9.17) is 5.73 Å². The normalized spacial score (nSPS) is 21.5. The highest BCUT2D eigenvalue weighted by Gasteiger charge is 2.21. The highest BCUT2D eigenvalue weighted by molar-refractivity contribution is 7.06. The number of hydrogen-bond donors (Lipinski definition) is 1. The summed E-state index contributed by atoms with van der Waals surface area (Å²) in [7, 11) is 0. The zero-order chi connectivity index (χ0) is 9.26. The minimum absolute atomic E-state index is 0.817. The van der Waals surface area contributed by atoms with E-state index in [-0.39, 0.29) is 0 Å². The lowest BCUT2D eigenvalue weighted by Gasteiger charge is -2.20. The molecule has 1 aliphatic carbocycles. The predicted octanol–water partition coefficient (Wildman–Crippen LogP) is 1.91. The van der Waals surface area contributed by atoms with Crippen LogP contribution in [-0.2, 0) is 12.8 Å². The monoisotopic (exact) mass is 196 g/mol. The number of rotatable bonds is 2. The van der Waals surface area contributed by atoms with Gasteiger partial charge in [-0.3, -0.25) is 0 Å². The van der Waals surface area contributed by atoms with Crippen molar-refractivity contribution in [3.8, 4) is 0 Å². The number of fused-ring (bicyclic) bond motifs is 1. The van der Waals surface area contributed by atoms with Gasteiger partial charge >= 0.3 is 0 Å². The summed E-state index contributed by atoms with van der Waals surface area (Å²) in [6.45, 7) is 2.95. The van der Waals surface area contributed by atoms with Gasteiger partial charge in [0.15, 0.2) is 0 Å². The van der Waals surface area contributed by atoms with Gasteiger partial charge in [0.25, 0.3) is 0 Å². The number of aromatic nitrogens is 1. The Labute approximate surface area is 83.3 Å². The first kappa shape index (κ1) is 9.16. The van der Waals surface area contributed by atoms with E-state index < -0.39 is 0 Å². The summed E-state index contributed by atoms with van der Waals surface area (Å²) in [4.78, 5) is 1.52. The second-order valence-electron chi connectivity index (χ2n) is 3.86. The lowest BCUT2D eigenvalue weighted by atomic mass is 9.86. The van der Waals surface area contributed by atoms with Gasteiger partial charge in [0.1, 0.15) is 0 Å². The first-order valence-corrected chi connectivity index (χ1v) is 5.72. The Balaban J connectivity index is 2.11. The molecule has 0 aliphatic heterocycles. The van der Waals surface area contributed by atoms with Crippen LogP contribution in [-0.4, -0.2) is 10.9 Å². The average Bonchev–Trinajstić information content (AvgIpc) is 2.48. The molecule has 1 aliphatic rings. The standard InChI is InChI=1S/C10H16N2S/c1-7-9-3-2-8(4-5-11)6-10(9)13-12-7/h8H,2-6,11H2,1H3. The maximum Gasteiger partial charge on any atom is 0.0546 e. The van der Waals surface area contributed by atoms with Crippen LogP contribution in [0.5, 0.6) is 0 Å². The molecular formula is C10H16N2S. The molecule has 0 saturated heterocycles. The maximum atomic E-state index is 5.57. The summed E-state index contributed by atoms with van der Waals surface area (Å²) in [6.07, 6.45) is 4.93. The Morgan fingerprint density at radius 2 is 2.46 bits per heavy atom. The van der Waals surface area contributed by atoms with Gasteiger partial charge in [-0.15, -0.1) is 0 Å². The van der Waals surface area contributed by atoms with Crippen molar-refractivity contribution in [2.24, 2.45) is 11.7 Å². The van der Waals surface area contributed by atoms with Gasteiger partial charge in [0.05, 0.1) is 5.69 Å². The minimum Gasteiger partial charge on any atom is -0.330 e. The summed E-state index contributed by atoms with van der Waals surface area (Å²) in [5.74, 6) is 0.817. The average molecular weight is 196 g/mol. The molecule has 1 aromatic heterocycles. The van der Waals surface area contributed by atoms with Crippen molar-refractivity contribution in [2.45, 2.75) is 32.6 Å². The van der Waals surface area contributed by atoms with Crippen LogP contribution in [0, 0.1) is 12.8 Å². The van der Waals surface area contributed by atoms with E-state index in [0.29, 0.717) is 0 Å². The van der Waals surface area contributed by atoms with Crippen molar-refractivity contribution >= 4 is 11.5 Å². The molecule has 0 saturated carbocycles. The van der Waals surface area contributed by atoms with E-state index in [9.17, 15) is 0 Å². The smallest absolute Gasteiger partial charge is 0.0546 e. The molecule has 2 N–H and O–H groups in total. The van der Waals surface area contributed by atoms with Crippen molar-refractivity contribution in [1.29, 1.82) is 0 Å². The van der Waals surface area contributed by atoms with Crippen molar-refractivity contribution in [2.75, 3.05) is 6.54 Å². The van der Waals surface area contributed by atoms with Crippen LogP contribution >= 0.6 is 11.5 Å². The molecule has 1 unspecified atom stereocenters. The Morgan fingerprint density at radius 1 is 1.62 bits per heavy atom. The molecule has 1 heterocycles. The molecule has 0 amide bonds. The zero-order valence-corrected chi connectivity index (χ0v) is 8.86. The second kappa shape index (κ2) is 3.76. The Hall–Kier alpha value is -0.410. The summed E-state index contributed by atoms with van der Waals surface area (Å²) in [6, 6.07) is 0. The van der Waals surface area contributed by atoms with Crippen molar-refractivity contribution in [3.63, 3.8) is 0 Å². The van der Waals surface area contributed by atoms with Gasteiger partial charge in [-0.05, 0) is 62.2 Å². The van der Waals surface area contributed by atoms with Crippen LogP contribution in [0.3, 0.4) is 0 Å². The van der Waals surface area contributed by atoms with Crippen molar-refractivity contribution in [1.82, 2.24) is 4.37 Å². The van der Waals surface area contributed by atoms with Crippen LogP contribution in [0.25, 0.3) is 0 Å². The second-order valence-corrected chi connectivity index (χ2v) is 4.71. The van der Waals surface area contributed by atoms with E-state index in [1.807, 2.05) is 0 Å². The molecule has 2 rings (SSSR count). The predicted molar refractivity (Wildman–Crippen MR) is 56.0 cm³/mol. The quantitative estimate of drug-likeness (QED) is 0.784. The third-order valence-corrected chi connectivity index (χ3v) is 3.92. The van der Waals surface area contributed by atoms with Gasteiger partial charge in [-0.2, -0.15) is 4.37 Å². The molecule has 1 atom stereocenters. The lowest BCUT2D eigenvalue weighted by Crippen LogP contribution is -2.16. The third kappa shape index (κ3) is 1.76. The highest BCUT2D eigenvalue weighted by Crippen LogP contribution is 2.31. The fourth-order valence-corrected chi connectivity index (χ4v) is 3.14. The minimum atomic E-state index is 0.817. The topological polar surface area (TPSA) is 38.9 Å². The zero-order valence-electron chi connectivity index (χ0n) is 8.05. The molecule has 72 valence electrons. The van der Waals surface area contributed by atoms with Gasteiger partial charge in [-0.1, -0.05) is 0 Å². The molecule has 2 nitrogen and oxygen atoms in total. The van der Waals surface area contributed by atoms with Gasteiger partial charge in [-0.25, -0.2) is 0 Å². The van der Waals surface area contributed by atoms with Crippen molar-refractivity contribution in [3.05, 3.63) is 16.1 Å². The van der Waals surface area contributed by atoms with E-state index in [0.717, 1.165) is 12.5 Å². The van der Waals surface area contributed by atoms with Crippen molar-refractivity contribution < 1.29 is 0 Å². The molecule has 0 spiro atoms. The number of nitrogens with zero attached hydrogens (tertiary/aromatic N) is 1. The summed E-state index contributed by atoms with van der Waals surface area (Å²) in [5.41, 5.74) is 8.35. The molecule has 0 fully saturated rings. The van der Waals surface area contributed by atoms with E-state index in [2.05, 4.69) is 11.3 Å². The summed E-state index contributed by atoms with van der Waals surface area (Å²) < 4.78 is 4.40. The lowest BCUT2D eigenvalue weighted by molar-refractivity contribution is 0.437. The number of hydrogen-bond acceptors (Lipinski definition) is 3. The van der Waals surface area contributed by atoms with Gasteiger partial charge < -0.3 is 5.73 Å². The van der Waals surface area contributed by atoms with Crippen LogP contribution in [0.2, 0.25) is 0 Å². The third-order valence-electron chi connectivity index (χ3n) is 2.92. The first-order valence-electron chi connectivity index (χ1n) is 4.95. The van der Waals surface area contributed by atoms with E-state index in [1.165, 1.54) is 41.8 Å². The number of nitrogens with two attached hydrogens (primary N) is 1. The molecule has 0 aromatic carbocycles. The van der Waals surface area contributed by atoms with Gasteiger partial charge in [0.2, 0.25) is 0 Å². The maximum absolute atomic E-state index is 5.57. The largest absolute Gasteiger partial charge is 0.330 e. The fourth-order valence-electron chi connectivity index (χ4n) is 2.11. The highest BCUT2D eigenvalue weighted by atomic mass is 32.1. The molecule has 1 aromatic rings. The fraction of sp³-hybridized carbons (Fsp3) is 0.700. The van der Waals surface area contributed by atoms with Crippen LogP contribution in [0.1, 0.15) is 29.0 Å². The Morgan fingerprint density at radius 3 is 3.23 bits per heavy atom. The molecular weight excluding hydrogens is 180 g/mol. The molecule has 0 radical (unpaired) electrons. The Bertz CT molecular complexity index is 293. The first-order chi connectivity index (χ1) is 6.31. The van der Waals surface area contributed by atoms with Crippen LogP contribution in [0.15, 0.2) is 0 Å². The SMILES string of the molecule is Cc1nsc2c1CCC(CCN)C2.